The quantitative estimate of drug-likeness (QED) is 0.677. The Hall–Kier alpha value is -0.580. The Kier molecular flexibility index (Phi) is 14.3. The number of primary amides is 1. The molecule has 5 heteroatoms. The summed E-state index contributed by atoms with van der Waals surface area (Å²) < 4.78 is 0. The van der Waals surface area contributed by atoms with Gasteiger partial charge in [0, 0.05) is 11.6 Å². The highest BCUT2D eigenvalue weighted by atomic mass is 35.5. The van der Waals surface area contributed by atoms with Crippen LogP contribution in [0, 0.1) is 0 Å². The van der Waals surface area contributed by atoms with Crippen molar-refractivity contribution < 1.29 is 4.79 Å². The van der Waals surface area contributed by atoms with Crippen LogP contribution < -0.4 is 11.5 Å². The lowest BCUT2D eigenvalue weighted by atomic mass is 10.1. The van der Waals surface area contributed by atoms with Crippen LogP contribution >= 0.6 is 12.4 Å². The van der Waals surface area contributed by atoms with Crippen LogP contribution in [0.2, 0.25) is 0 Å². The Labute approximate surface area is 92.7 Å². The van der Waals surface area contributed by atoms with Gasteiger partial charge < -0.3 is 16.4 Å². The van der Waals surface area contributed by atoms with Crippen LogP contribution in [0.4, 0.5) is 0 Å². The van der Waals surface area contributed by atoms with Crippen LogP contribution in [0.1, 0.15) is 13.3 Å². The second-order valence-electron chi connectivity index (χ2n) is 2.78. The molecule has 0 saturated carbocycles. The number of rotatable bonds is 4. The van der Waals surface area contributed by atoms with Gasteiger partial charge in [-0.2, -0.15) is 0 Å². The highest BCUT2D eigenvalue weighted by Crippen LogP contribution is 2.08. The van der Waals surface area contributed by atoms with E-state index in [0.29, 0.717) is 5.57 Å². The van der Waals surface area contributed by atoms with E-state index in [0.717, 1.165) is 6.42 Å². The van der Waals surface area contributed by atoms with Crippen molar-refractivity contribution in [2.45, 2.75) is 19.4 Å². The minimum Gasteiger partial charge on any atom is -0.366 e. The summed E-state index contributed by atoms with van der Waals surface area (Å²) in [7, 11) is 5.31. The molecule has 0 aromatic rings. The van der Waals surface area contributed by atoms with Gasteiger partial charge in [-0.05, 0) is 27.6 Å². The molecule has 0 fully saturated rings. The number of carbonyl (C=O) groups is 1. The summed E-state index contributed by atoms with van der Waals surface area (Å²) in [6.45, 7) is 5.63. The van der Waals surface area contributed by atoms with Crippen molar-refractivity contribution in [1.29, 1.82) is 0 Å². The first-order chi connectivity index (χ1) is 6.00. The number of likely N-dealkylation sites (N-methyl/N-ethyl adjacent to an activating group) is 1. The zero-order valence-electron chi connectivity index (χ0n) is 9.41. The van der Waals surface area contributed by atoms with Crippen molar-refractivity contribution in [3.8, 4) is 0 Å². The fourth-order valence-electron chi connectivity index (χ4n) is 1.09. The van der Waals surface area contributed by atoms with Gasteiger partial charge in [0.1, 0.15) is 0 Å². The third kappa shape index (κ3) is 6.88. The molecule has 0 bridgehead atoms. The van der Waals surface area contributed by atoms with Crippen LogP contribution in [0.3, 0.4) is 0 Å². The van der Waals surface area contributed by atoms with Crippen LogP contribution in [0.15, 0.2) is 12.2 Å². The molecule has 0 aliphatic heterocycles. The number of hydrogen-bond donors (Lipinski definition) is 2. The molecular formula is C9H22ClN3O. The molecule has 86 valence electrons. The van der Waals surface area contributed by atoms with Crippen LogP contribution in [-0.4, -0.2) is 38.0 Å². The fourth-order valence-corrected chi connectivity index (χ4v) is 1.09. The van der Waals surface area contributed by atoms with Crippen LogP contribution in [0.5, 0.6) is 0 Å². The maximum atomic E-state index is 10.7. The number of carbonyl (C=O) groups excluding carboxylic acids is 1. The van der Waals surface area contributed by atoms with Gasteiger partial charge in [-0.15, -0.1) is 12.4 Å². The van der Waals surface area contributed by atoms with Crippen molar-refractivity contribution in [2.75, 3.05) is 21.1 Å². The molecule has 0 aromatic carbocycles. The summed E-state index contributed by atoms with van der Waals surface area (Å²) >= 11 is 0. The topological polar surface area (TPSA) is 72.4 Å². The first-order valence-corrected chi connectivity index (χ1v) is 4.23. The maximum Gasteiger partial charge on any atom is 0.245 e. The highest BCUT2D eigenvalue weighted by Gasteiger charge is 2.16. The molecule has 0 aliphatic rings. The molecule has 0 heterocycles. The SMILES string of the molecule is C=C(C(N)=O)C(CC)N(C)C.CN.Cl. The molecule has 14 heavy (non-hydrogen) atoms. The van der Waals surface area contributed by atoms with E-state index in [-0.39, 0.29) is 18.4 Å². The Bertz CT molecular complexity index is 171. The van der Waals surface area contributed by atoms with Gasteiger partial charge in [0.2, 0.25) is 5.91 Å². The van der Waals surface area contributed by atoms with Gasteiger partial charge in [0.15, 0.2) is 0 Å². The first kappa shape index (κ1) is 19.1. The van der Waals surface area contributed by atoms with E-state index in [1.165, 1.54) is 7.05 Å². The summed E-state index contributed by atoms with van der Waals surface area (Å²) in [5.41, 5.74) is 10.1. The third-order valence-corrected chi connectivity index (χ3v) is 1.73. The standard InChI is InChI=1S/C8H16N2O.CH5N.ClH/c1-5-7(10(3)4)6(2)8(9)11;1-2;/h7H,2,5H2,1,3-4H3,(H2,9,11);2H2,1H3;1H. The lowest BCUT2D eigenvalue weighted by molar-refractivity contribution is -0.115. The van der Waals surface area contributed by atoms with Crippen LogP contribution in [-0.2, 0) is 4.79 Å². The molecule has 4 nitrogen and oxygen atoms in total. The summed E-state index contributed by atoms with van der Waals surface area (Å²) in [6.07, 6.45) is 0.856. The summed E-state index contributed by atoms with van der Waals surface area (Å²) in [6, 6.07) is 0.0764. The molecule has 0 aromatic heterocycles. The lowest BCUT2D eigenvalue weighted by Gasteiger charge is -2.22. The Morgan fingerprint density at radius 3 is 1.86 bits per heavy atom. The van der Waals surface area contributed by atoms with E-state index >= 15 is 0 Å². The highest BCUT2D eigenvalue weighted by molar-refractivity contribution is 5.92. The van der Waals surface area contributed by atoms with Crippen LogP contribution in [0.25, 0.3) is 0 Å². The van der Waals surface area contributed by atoms with Crippen molar-refractivity contribution in [2.24, 2.45) is 11.5 Å². The Morgan fingerprint density at radius 1 is 1.43 bits per heavy atom. The second kappa shape index (κ2) is 10.5. The molecule has 0 aliphatic carbocycles. The molecule has 1 amide bonds. The Balaban J connectivity index is -0.000000376. The number of hydrogen-bond acceptors (Lipinski definition) is 3. The van der Waals surface area contributed by atoms with Crippen molar-refractivity contribution in [3.63, 3.8) is 0 Å². The van der Waals surface area contributed by atoms with E-state index in [4.69, 9.17) is 5.73 Å². The molecule has 0 rings (SSSR count). The predicted octanol–water partition coefficient (Wildman–Crippen LogP) is 0.365. The van der Waals surface area contributed by atoms with Gasteiger partial charge in [-0.1, -0.05) is 13.5 Å². The van der Waals surface area contributed by atoms with Gasteiger partial charge in [0.25, 0.3) is 0 Å². The van der Waals surface area contributed by atoms with Crippen molar-refractivity contribution >= 4 is 18.3 Å². The van der Waals surface area contributed by atoms with E-state index in [1.807, 2.05) is 25.9 Å². The minimum absolute atomic E-state index is 0. The zero-order valence-corrected chi connectivity index (χ0v) is 10.2. The molecule has 1 unspecified atom stereocenters. The number of amides is 1. The minimum atomic E-state index is -0.412. The average Bonchev–Trinajstić information content (AvgIpc) is 2.08. The largest absolute Gasteiger partial charge is 0.366 e. The summed E-state index contributed by atoms with van der Waals surface area (Å²) in [4.78, 5) is 12.6. The molecule has 0 saturated heterocycles. The molecule has 1 atom stereocenters. The van der Waals surface area contributed by atoms with E-state index in [9.17, 15) is 4.79 Å². The monoisotopic (exact) mass is 223 g/mol. The van der Waals surface area contributed by atoms with Crippen molar-refractivity contribution in [1.82, 2.24) is 4.90 Å². The molecule has 4 N–H and O–H groups in total. The zero-order chi connectivity index (χ0) is 11.0. The molecule has 0 radical (unpaired) electrons. The molecular weight excluding hydrogens is 202 g/mol. The summed E-state index contributed by atoms with van der Waals surface area (Å²) in [5, 5.41) is 0. The van der Waals surface area contributed by atoms with Gasteiger partial charge in [-0.3, -0.25) is 4.79 Å². The third-order valence-electron chi connectivity index (χ3n) is 1.73. The normalized spacial score (nSPS) is 10.7. The predicted molar refractivity (Wildman–Crippen MR) is 63.5 cm³/mol. The smallest absolute Gasteiger partial charge is 0.245 e. The first-order valence-electron chi connectivity index (χ1n) is 4.23. The van der Waals surface area contributed by atoms with Gasteiger partial charge in [-0.25, -0.2) is 0 Å². The number of nitrogens with zero attached hydrogens (tertiary/aromatic N) is 1. The Morgan fingerprint density at radius 2 is 1.79 bits per heavy atom. The number of halogens is 1. The van der Waals surface area contributed by atoms with Gasteiger partial charge >= 0.3 is 0 Å². The maximum absolute atomic E-state index is 10.7. The average molecular weight is 224 g/mol. The van der Waals surface area contributed by atoms with Crippen molar-refractivity contribution in [3.05, 3.63) is 12.2 Å². The number of nitrogens with two attached hydrogens (primary N) is 2. The molecule has 0 spiro atoms. The van der Waals surface area contributed by atoms with Gasteiger partial charge in [0.05, 0.1) is 0 Å². The van der Waals surface area contributed by atoms with E-state index in [2.05, 4.69) is 12.3 Å². The van der Waals surface area contributed by atoms with E-state index in [1.54, 1.807) is 0 Å². The second-order valence-corrected chi connectivity index (χ2v) is 2.78. The lowest BCUT2D eigenvalue weighted by Crippen LogP contribution is -2.34. The fraction of sp³-hybridized carbons (Fsp3) is 0.667. The van der Waals surface area contributed by atoms with E-state index < -0.39 is 5.91 Å². The summed E-state index contributed by atoms with van der Waals surface area (Å²) in [5.74, 6) is -0.412.